The number of rotatable bonds is 5. The molecule has 0 saturated heterocycles. The summed E-state index contributed by atoms with van der Waals surface area (Å²) in [6, 6.07) is 8.04. The second-order valence-electron chi connectivity index (χ2n) is 5.16. The minimum atomic E-state index is 0.00613. The quantitative estimate of drug-likeness (QED) is 0.864. The minimum absolute atomic E-state index is 0.00613. The lowest BCUT2D eigenvalue weighted by atomic mass is 10.1. The Bertz CT molecular complexity index is 403. The molecular weight excluding hydrogens is 304 g/mol. The summed E-state index contributed by atoms with van der Waals surface area (Å²) in [4.78, 5) is 14.0. The van der Waals surface area contributed by atoms with Crippen LogP contribution in [0.1, 0.15) is 39.3 Å². The highest BCUT2D eigenvalue weighted by atomic mass is 79.9. The van der Waals surface area contributed by atoms with Crippen molar-refractivity contribution in [2.24, 2.45) is 5.92 Å². The summed E-state index contributed by atoms with van der Waals surface area (Å²) in [5.41, 5.74) is 1.11. The molecule has 1 atom stereocenters. The summed E-state index contributed by atoms with van der Waals surface area (Å²) in [5.74, 6) is 0.480. The van der Waals surface area contributed by atoms with E-state index >= 15 is 0 Å². The van der Waals surface area contributed by atoms with Gasteiger partial charge >= 0.3 is 6.03 Å². The normalized spacial score (nSPS) is 12.3. The standard InChI is InChI=1S/C15H23BrN2O/c1-5-18(10-11(2)3)15(19)17-12(4)13-6-8-14(16)9-7-13/h6-9,11-12H,5,10H2,1-4H3,(H,17,19). The van der Waals surface area contributed by atoms with Crippen LogP contribution >= 0.6 is 15.9 Å². The fourth-order valence-corrected chi connectivity index (χ4v) is 2.17. The average Bonchev–Trinajstić information content (AvgIpc) is 2.36. The van der Waals surface area contributed by atoms with Crippen LogP contribution in [0, 0.1) is 5.92 Å². The topological polar surface area (TPSA) is 32.3 Å². The Labute approximate surface area is 124 Å². The first-order valence-corrected chi connectivity index (χ1v) is 7.54. The van der Waals surface area contributed by atoms with Crippen molar-refractivity contribution in [3.63, 3.8) is 0 Å². The SMILES string of the molecule is CCN(CC(C)C)C(=O)NC(C)c1ccc(Br)cc1. The van der Waals surface area contributed by atoms with Gasteiger partial charge in [0.15, 0.2) is 0 Å². The molecular formula is C15H23BrN2O. The number of nitrogens with one attached hydrogen (secondary N) is 1. The van der Waals surface area contributed by atoms with Gasteiger partial charge in [0.1, 0.15) is 0 Å². The van der Waals surface area contributed by atoms with E-state index in [9.17, 15) is 4.79 Å². The van der Waals surface area contributed by atoms with E-state index in [-0.39, 0.29) is 12.1 Å². The Morgan fingerprint density at radius 2 is 1.84 bits per heavy atom. The molecule has 1 unspecified atom stereocenters. The number of amides is 2. The highest BCUT2D eigenvalue weighted by Gasteiger charge is 2.15. The third-order valence-corrected chi connectivity index (χ3v) is 3.49. The Balaban J connectivity index is 2.62. The Kier molecular flexibility index (Phi) is 6.35. The van der Waals surface area contributed by atoms with Crippen molar-refractivity contribution < 1.29 is 4.79 Å². The van der Waals surface area contributed by atoms with Crippen molar-refractivity contribution in [3.05, 3.63) is 34.3 Å². The van der Waals surface area contributed by atoms with Gasteiger partial charge in [-0.2, -0.15) is 0 Å². The predicted octanol–water partition coefficient (Wildman–Crippen LogP) is 4.20. The maximum Gasteiger partial charge on any atom is 0.317 e. The largest absolute Gasteiger partial charge is 0.331 e. The van der Waals surface area contributed by atoms with Gasteiger partial charge in [0.25, 0.3) is 0 Å². The van der Waals surface area contributed by atoms with Crippen molar-refractivity contribution in [1.82, 2.24) is 10.2 Å². The number of carbonyl (C=O) groups is 1. The summed E-state index contributed by atoms with van der Waals surface area (Å²) in [6.45, 7) is 9.77. The number of halogens is 1. The molecule has 1 rings (SSSR count). The zero-order valence-electron chi connectivity index (χ0n) is 12.1. The number of nitrogens with zero attached hydrogens (tertiary/aromatic N) is 1. The molecule has 4 heteroatoms. The van der Waals surface area contributed by atoms with E-state index in [1.165, 1.54) is 0 Å². The first kappa shape index (κ1) is 16.0. The van der Waals surface area contributed by atoms with Crippen LogP contribution in [-0.4, -0.2) is 24.0 Å². The second kappa shape index (κ2) is 7.53. The van der Waals surface area contributed by atoms with Crippen LogP contribution in [-0.2, 0) is 0 Å². The smallest absolute Gasteiger partial charge is 0.317 e. The first-order valence-electron chi connectivity index (χ1n) is 6.75. The molecule has 1 N–H and O–H groups in total. The van der Waals surface area contributed by atoms with Crippen molar-refractivity contribution in [2.75, 3.05) is 13.1 Å². The fourth-order valence-electron chi connectivity index (χ4n) is 1.91. The molecule has 0 fully saturated rings. The average molecular weight is 327 g/mol. The Morgan fingerprint density at radius 1 is 1.26 bits per heavy atom. The predicted molar refractivity (Wildman–Crippen MR) is 83.2 cm³/mol. The highest BCUT2D eigenvalue weighted by Crippen LogP contribution is 2.16. The van der Waals surface area contributed by atoms with Crippen LogP contribution in [0.2, 0.25) is 0 Å². The zero-order valence-corrected chi connectivity index (χ0v) is 13.7. The summed E-state index contributed by atoms with van der Waals surface area (Å²) in [6.07, 6.45) is 0. The maximum atomic E-state index is 12.2. The van der Waals surface area contributed by atoms with Gasteiger partial charge in [-0.05, 0) is 37.5 Å². The molecule has 1 aromatic carbocycles. The summed E-state index contributed by atoms with van der Waals surface area (Å²) in [5, 5.41) is 3.04. The van der Waals surface area contributed by atoms with Gasteiger partial charge in [-0.3, -0.25) is 0 Å². The number of carbonyl (C=O) groups excluding carboxylic acids is 1. The second-order valence-corrected chi connectivity index (χ2v) is 6.07. The fraction of sp³-hybridized carbons (Fsp3) is 0.533. The number of benzene rings is 1. The van der Waals surface area contributed by atoms with Crippen LogP contribution in [0.5, 0.6) is 0 Å². The van der Waals surface area contributed by atoms with Crippen LogP contribution in [0.3, 0.4) is 0 Å². The highest BCUT2D eigenvalue weighted by molar-refractivity contribution is 9.10. The molecule has 0 aliphatic carbocycles. The minimum Gasteiger partial charge on any atom is -0.331 e. The maximum absolute atomic E-state index is 12.2. The van der Waals surface area contributed by atoms with Gasteiger partial charge < -0.3 is 10.2 Å². The van der Waals surface area contributed by atoms with Gasteiger partial charge in [-0.15, -0.1) is 0 Å². The molecule has 0 bridgehead atoms. The van der Waals surface area contributed by atoms with E-state index in [1.807, 2.05) is 43.0 Å². The van der Waals surface area contributed by atoms with Gasteiger partial charge in [0.2, 0.25) is 0 Å². The van der Waals surface area contributed by atoms with Crippen molar-refractivity contribution in [2.45, 2.75) is 33.7 Å². The number of hydrogen-bond acceptors (Lipinski definition) is 1. The molecule has 0 saturated carbocycles. The third-order valence-electron chi connectivity index (χ3n) is 2.96. The molecule has 1 aromatic rings. The molecule has 0 aliphatic heterocycles. The molecule has 2 amide bonds. The summed E-state index contributed by atoms with van der Waals surface area (Å²) < 4.78 is 1.05. The summed E-state index contributed by atoms with van der Waals surface area (Å²) >= 11 is 3.41. The molecule has 19 heavy (non-hydrogen) atoms. The zero-order chi connectivity index (χ0) is 14.4. The van der Waals surface area contributed by atoms with E-state index in [0.717, 1.165) is 23.1 Å². The summed E-state index contributed by atoms with van der Waals surface area (Å²) in [7, 11) is 0. The Hall–Kier alpha value is -1.03. The lowest BCUT2D eigenvalue weighted by Crippen LogP contribution is -2.42. The van der Waals surface area contributed by atoms with Crippen LogP contribution in [0.25, 0.3) is 0 Å². The van der Waals surface area contributed by atoms with Crippen molar-refractivity contribution >= 4 is 22.0 Å². The molecule has 0 radical (unpaired) electrons. The third kappa shape index (κ3) is 5.23. The molecule has 106 valence electrons. The van der Waals surface area contributed by atoms with Gasteiger partial charge in [-0.1, -0.05) is 41.9 Å². The van der Waals surface area contributed by atoms with Crippen LogP contribution < -0.4 is 5.32 Å². The van der Waals surface area contributed by atoms with Gasteiger partial charge in [0, 0.05) is 17.6 Å². The van der Waals surface area contributed by atoms with E-state index in [0.29, 0.717) is 5.92 Å². The van der Waals surface area contributed by atoms with E-state index in [2.05, 4.69) is 35.1 Å². The molecule has 0 aromatic heterocycles. The molecule has 0 aliphatic rings. The van der Waals surface area contributed by atoms with Crippen LogP contribution in [0.4, 0.5) is 4.79 Å². The molecule has 3 nitrogen and oxygen atoms in total. The first-order chi connectivity index (χ1) is 8.93. The van der Waals surface area contributed by atoms with Crippen molar-refractivity contribution in [1.29, 1.82) is 0 Å². The number of urea groups is 1. The molecule has 0 spiro atoms. The van der Waals surface area contributed by atoms with Gasteiger partial charge in [-0.25, -0.2) is 4.79 Å². The van der Waals surface area contributed by atoms with Crippen LogP contribution in [0.15, 0.2) is 28.7 Å². The van der Waals surface area contributed by atoms with Crippen molar-refractivity contribution in [3.8, 4) is 0 Å². The van der Waals surface area contributed by atoms with E-state index in [4.69, 9.17) is 0 Å². The lowest BCUT2D eigenvalue weighted by Gasteiger charge is -2.25. The monoisotopic (exact) mass is 326 g/mol. The number of hydrogen-bond donors (Lipinski definition) is 1. The van der Waals surface area contributed by atoms with Gasteiger partial charge in [0.05, 0.1) is 6.04 Å². The van der Waals surface area contributed by atoms with E-state index < -0.39 is 0 Å². The van der Waals surface area contributed by atoms with E-state index in [1.54, 1.807) is 0 Å². The molecule has 0 heterocycles. The lowest BCUT2D eigenvalue weighted by molar-refractivity contribution is 0.191. The Morgan fingerprint density at radius 3 is 2.32 bits per heavy atom.